The van der Waals surface area contributed by atoms with Crippen LogP contribution in [0.4, 0.5) is 0 Å². The Kier molecular flexibility index (Phi) is 9.94. The summed E-state index contributed by atoms with van der Waals surface area (Å²) in [6.45, 7) is 3.00. The molecule has 0 aliphatic heterocycles. The second kappa shape index (κ2) is 13.8. The van der Waals surface area contributed by atoms with Crippen molar-refractivity contribution in [2.75, 3.05) is 6.54 Å². The van der Waals surface area contributed by atoms with Crippen LogP contribution in [0.15, 0.2) is 97.1 Å². The Balaban J connectivity index is 1.63. The molecule has 0 aliphatic rings. The molecule has 2 amide bonds. The van der Waals surface area contributed by atoms with Gasteiger partial charge in [-0.15, -0.1) is 0 Å². The van der Waals surface area contributed by atoms with E-state index < -0.39 is 6.04 Å². The van der Waals surface area contributed by atoms with E-state index in [1.807, 2.05) is 72.8 Å². The number of halogens is 1. The third kappa shape index (κ3) is 7.45. The first-order chi connectivity index (χ1) is 18.5. The topological polar surface area (TPSA) is 49.4 Å². The Morgan fingerprint density at radius 2 is 1.58 bits per heavy atom. The van der Waals surface area contributed by atoms with Crippen molar-refractivity contribution in [3.63, 3.8) is 0 Å². The molecule has 0 unspecified atom stereocenters. The summed E-state index contributed by atoms with van der Waals surface area (Å²) in [7, 11) is 0. The predicted octanol–water partition coefficient (Wildman–Crippen LogP) is 6.98. The van der Waals surface area contributed by atoms with Crippen LogP contribution >= 0.6 is 11.6 Å². The van der Waals surface area contributed by atoms with E-state index in [1.165, 1.54) is 0 Å². The van der Waals surface area contributed by atoms with Gasteiger partial charge in [0.25, 0.3) is 0 Å². The van der Waals surface area contributed by atoms with Gasteiger partial charge < -0.3 is 10.2 Å². The molecule has 0 spiro atoms. The fourth-order valence-electron chi connectivity index (χ4n) is 4.79. The molecule has 0 radical (unpaired) electrons. The lowest BCUT2D eigenvalue weighted by Gasteiger charge is -2.32. The van der Waals surface area contributed by atoms with Crippen LogP contribution in [0.1, 0.15) is 42.9 Å². The molecular weight excluding hydrogens is 492 g/mol. The predicted molar refractivity (Wildman–Crippen MR) is 156 cm³/mol. The van der Waals surface area contributed by atoms with Gasteiger partial charge in [-0.1, -0.05) is 110 Å². The first-order valence-electron chi connectivity index (χ1n) is 13.4. The summed E-state index contributed by atoms with van der Waals surface area (Å²) in [4.78, 5) is 29.2. The summed E-state index contributed by atoms with van der Waals surface area (Å²) in [5, 5.41) is 6.00. The number of amides is 2. The number of nitrogens with zero attached hydrogens (tertiary/aromatic N) is 1. The van der Waals surface area contributed by atoms with Crippen LogP contribution in [-0.2, 0) is 29.0 Å². The zero-order chi connectivity index (χ0) is 26.7. The number of hydrogen-bond acceptors (Lipinski definition) is 2. The molecule has 0 saturated heterocycles. The van der Waals surface area contributed by atoms with Crippen molar-refractivity contribution in [1.29, 1.82) is 0 Å². The minimum absolute atomic E-state index is 0.0514. The molecule has 4 rings (SSSR count). The van der Waals surface area contributed by atoms with Gasteiger partial charge in [-0.3, -0.25) is 9.59 Å². The maximum Gasteiger partial charge on any atom is 0.243 e. The molecule has 1 atom stereocenters. The van der Waals surface area contributed by atoms with E-state index in [0.29, 0.717) is 37.4 Å². The van der Waals surface area contributed by atoms with E-state index in [4.69, 9.17) is 11.6 Å². The van der Waals surface area contributed by atoms with Crippen molar-refractivity contribution in [3.8, 4) is 0 Å². The first kappa shape index (κ1) is 27.4. The Morgan fingerprint density at radius 1 is 0.868 bits per heavy atom. The Hall–Kier alpha value is -3.63. The van der Waals surface area contributed by atoms with Gasteiger partial charge in [0, 0.05) is 31.0 Å². The summed E-state index contributed by atoms with van der Waals surface area (Å²) in [5.41, 5.74) is 3.04. The first-order valence-corrected chi connectivity index (χ1v) is 13.7. The van der Waals surface area contributed by atoms with Gasteiger partial charge in [0.05, 0.1) is 0 Å². The highest BCUT2D eigenvalue weighted by Crippen LogP contribution is 2.22. The van der Waals surface area contributed by atoms with Crippen LogP contribution in [0.3, 0.4) is 0 Å². The highest BCUT2D eigenvalue weighted by Gasteiger charge is 2.30. The SMILES string of the molecule is CCCCNC(=O)[C@@H](Cc1ccccc1)N(Cc1cccc(Cl)c1)C(=O)CCc1cccc2ccccc12. The molecule has 4 aromatic carbocycles. The zero-order valence-corrected chi connectivity index (χ0v) is 22.7. The van der Waals surface area contributed by atoms with Crippen LogP contribution in [0, 0.1) is 0 Å². The van der Waals surface area contributed by atoms with Gasteiger partial charge in [-0.25, -0.2) is 0 Å². The standard InChI is InChI=1S/C33H35ClN2O2/c1-2-3-21-35-33(38)31(23-25-11-5-4-6-12-25)36(24-26-13-9-17-29(34)22-26)32(37)20-19-28-16-10-15-27-14-7-8-18-30(27)28/h4-18,22,31H,2-3,19-21,23-24H2,1H3,(H,35,38)/t31-/m1/s1. The number of unbranched alkanes of at least 4 members (excludes halogenated alkanes) is 1. The molecule has 5 heteroatoms. The number of rotatable bonds is 12. The lowest BCUT2D eigenvalue weighted by atomic mass is 9.99. The number of benzene rings is 4. The summed E-state index contributed by atoms with van der Waals surface area (Å²) in [6, 6.07) is 31.2. The molecule has 0 aliphatic carbocycles. The molecule has 4 aromatic rings. The zero-order valence-electron chi connectivity index (χ0n) is 21.9. The van der Waals surface area contributed by atoms with Crippen molar-refractivity contribution in [2.45, 2.75) is 51.6 Å². The largest absolute Gasteiger partial charge is 0.354 e. The van der Waals surface area contributed by atoms with E-state index >= 15 is 0 Å². The highest BCUT2D eigenvalue weighted by atomic mass is 35.5. The van der Waals surface area contributed by atoms with E-state index in [2.05, 4.69) is 36.5 Å². The second-order valence-corrected chi connectivity index (χ2v) is 10.1. The van der Waals surface area contributed by atoms with Gasteiger partial charge >= 0.3 is 0 Å². The van der Waals surface area contributed by atoms with E-state index in [0.717, 1.165) is 40.3 Å². The monoisotopic (exact) mass is 526 g/mol. The van der Waals surface area contributed by atoms with E-state index in [-0.39, 0.29) is 11.8 Å². The van der Waals surface area contributed by atoms with Gasteiger partial charge in [0.15, 0.2) is 0 Å². The Bertz CT molecular complexity index is 1350. The highest BCUT2D eigenvalue weighted by molar-refractivity contribution is 6.30. The van der Waals surface area contributed by atoms with Gasteiger partial charge in [0.2, 0.25) is 11.8 Å². The van der Waals surface area contributed by atoms with Crippen LogP contribution < -0.4 is 5.32 Å². The summed E-state index contributed by atoms with van der Waals surface area (Å²) in [6.07, 6.45) is 3.23. The molecule has 0 fully saturated rings. The van der Waals surface area contributed by atoms with Crippen molar-refractivity contribution in [1.82, 2.24) is 10.2 Å². The van der Waals surface area contributed by atoms with Gasteiger partial charge in [-0.2, -0.15) is 0 Å². The number of fused-ring (bicyclic) bond motifs is 1. The minimum atomic E-state index is -0.631. The van der Waals surface area contributed by atoms with Gasteiger partial charge in [0.1, 0.15) is 6.04 Å². The fraction of sp³-hybridized carbons (Fsp3) is 0.273. The smallest absolute Gasteiger partial charge is 0.243 e. The summed E-state index contributed by atoms with van der Waals surface area (Å²) in [5.74, 6) is -0.174. The van der Waals surface area contributed by atoms with Crippen LogP contribution in [-0.4, -0.2) is 29.3 Å². The molecule has 0 aromatic heterocycles. The Labute approximate surface area is 230 Å². The number of aryl methyl sites for hydroxylation is 1. The molecular formula is C33H35ClN2O2. The third-order valence-electron chi connectivity index (χ3n) is 6.83. The lowest BCUT2D eigenvalue weighted by molar-refractivity contribution is -0.141. The van der Waals surface area contributed by atoms with Crippen molar-refractivity contribution < 1.29 is 9.59 Å². The van der Waals surface area contributed by atoms with E-state index in [9.17, 15) is 9.59 Å². The van der Waals surface area contributed by atoms with Crippen molar-refractivity contribution >= 4 is 34.2 Å². The molecule has 196 valence electrons. The number of carbonyl (C=O) groups is 2. The van der Waals surface area contributed by atoms with Crippen LogP contribution in [0.5, 0.6) is 0 Å². The minimum Gasteiger partial charge on any atom is -0.354 e. The average molecular weight is 527 g/mol. The average Bonchev–Trinajstić information content (AvgIpc) is 2.94. The number of nitrogens with one attached hydrogen (secondary N) is 1. The normalized spacial score (nSPS) is 11.7. The maximum absolute atomic E-state index is 13.9. The quantitative estimate of drug-likeness (QED) is 0.202. The molecule has 0 heterocycles. The molecule has 1 N–H and O–H groups in total. The van der Waals surface area contributed by atoms with Gasteiger partial charge in [-0.05, 0) is 52.4 Å². The molecule has 38 heavy (non-hydrogen) atoms. The fourth-order valence-corrected chi connectivity index (χ4v) is 5.00. The molecule has 0 saturated carbocycles. The summed E-state index contributed by atoms with van der Waals surface area (Å²) >= 11 is 6.28. The number of hydrogen-bond donors (Lipinski definition) is 1. The van der Waals surface area contributed by atoms with Crippen molar-refractivity contribution in [2.24, 2.45) is 0 Å². The van der Waals surface area contributed by atoms with Crippen molar-refractivity contribution in [3.05, 3.63) is 119 Å². The molecule has 0 bridgehead atoms. The lowest BCUT2D eigenvalue weighted by Crippen LogP contribution is -2.50. The number of carbonyl (C=O) groups excluding carboxylic acids is 2. The third-order valence-corrected chi connectivity index (χ3v) is 7.07. The maximum atomic E-state index is 13.9. The molecule has 4 nitrogen and oxygen atoms in total. The Morgan fingerprint density at radius 3 is 2.37 bits per heavy atom. The van der Waals surface area contributed by atoms with Crippen LogP contribution in [0.2, 0.25) is 5.02 Å². The van der Waals surface area contributed by atoms with E-state index in [1.54, 1.807) is 4.90 Å². The summed E-state index contributed by atoms with van der Waals surface area (Å²) < 4.78 is 0. The van der Waals surface area contributed by atoms with Crippen LogP contribution in [0.25, 0.3) is 10.8 Å². The second-order valence-electron chi connectivity index (χ2n) is 9.64.